The topological polar surface area (TPSA) is 229 Å². The minimum Gasteiger partial charge on any atom is -0.480 e. The maximum atomic E-state index is 12.3. The number of nitrogens with zero attached hydrogens (tertiary/aromatic N) is 4. The van der Waals surface area contributed by atoms with Crippen LogP contribution in [0.15, 0.2) is 12.2 Å². The highest BCUT2D eigenvalue weighted by molar-refractivity contribution is 6.12. The third kappa shape index (κ3) is 15.5. The molecule has 0 saturated carbocycles. The van der Waals surface area contributed by atoms with E-state index in [9.17, 15) is 39.0 Å². The van der Waals surface area contributed by atoms with Gasteiger partial charge in [0.2, 0.25) is 5.91 Å². The van der Waals surface area contributed by atoms with Crippen LogP contribution in [0.5, 0.6) is 0 Å². The van der Waals surface area contributed by atoms with E-state index in [0.717, 1.165) is 4.90 Å². The number of hydrogen-bond acceptors (Lipinski definition) is 11. The molecule has 1 aliphatic heterocycles. The maximum Gasteiger partial charge on any atom is 0.317 e. The van der Waals surface area contributed by atoms with Gasteiger partial charge in [-0.3, -0.25) is 48.4 Å². The number of hydrogen-bond donors (Lipinski definition) is 6. The molecule has 16 nitrogen and oxygen atoms in total. The van der Waals surface area contributed by atoms with E-state index in [2.05, 4.69) is 5.32 Å². The Bertz CT molecular complexity index is 878. The van der Waals surface area contributed by atoms with Gasteiger partial charge in [0.15, 0.2) is 6.29 Å². The van der Waals surface area contributed by atoms with E-state index in [1.54, 1.807) is 0 Å². The normalized spacial score (nSPS) is 13.3. The summed E-state index contributed by atoms with van der Waals surface area (Å²) in [4.78, 5) is 74.0. The molecule has 1 aliphatic rings. The van der Waals surface area contributed by atoms with Crippen molar-refractivity contribution < 1.29 is 54.3 Å². The van der Waals surface area contributed by atoms with Gasteiger partial charge in [-0.05, 0) is 19.3 Å². The van der Waals surface area contributed by atoms with Crippen molar-refractivity contribution in [1.29, 1.82) is 0 Å². The third-order valence-corrected chi connectivity index (χ3v) is 5.61. The summed E-state index contributed by atoms with van der Waals surface area (Å²) in [6.45, 7) is -1.27. The molecule has 0 unspecified atom stereocenters. The van der Waals surface area contributed by atoms with Gasteiger partial charge < -0.3 is 30.8 Å². The Kier molecular flexibility index (Phi) is 15.5. The minimum atomic E-state index is -1.78. The molecule has 0 saturated heterocycles. The van der Waals surface area contributed by atoms with Crippen molar-refractivity contribution in [3.8, 4) is 0 Å². The maximum absolute atomic E-state index is 12.3. The van der Waals surface area contributed by atoms with Crippen molar-refractivity contribution in [2.24, 2.45) is 0 Å². The second-order valence-corrected chi connectivity index (χ2v) is 8.96. The fourth-order valence-corrected chi connectivity index (χ4v) is 3.80. The van der Waals surface area contributed by atoms with E-state index in [4.69, 9.17) is 15.3 Å². The van der Waals surface area contributed by atoms with Crippen LogP contribution in [0.1, 0.15) is 19.3 Å². The summed E-state index contributed by atoms with van der Waals surface area (Å²) >= 11 is 0. The number of amides is 3. The van der Waals surface area contributed by atoms with Crippen LogP contribution in [0.2, 0.25) is 0 Å². The zero-order chi connectivity index (χ0) is 29.4. The smallest absolute Gasteiger partial charge is 0.317 e. The minimum absolute atomic E-state index is 0.00715. The lowest BCUT2D eigenvalue weighted by molar-refractivity contribution is -0.141. The summed E-state index contributed by atoms with van der Waals surface area (Å²) in [6, 6.07) is 0. The van der Waals surface area contributed by atoms with Gasteiger partial charge in [0.25, 0.3) is 11.8 Å². The Morgan fingerprint density at radius 3 is 1.74 bits per heavy atom. The quantitative estimate of drug-likeness (QED) is 0.0433. The molecule has 3 amide bonds. The zero-order valence-electron chi connectivity index (χ0n) is 21.6. The summed E-state index contributed by atoms with van der Waals surface area (Å²) < 4.78 is 0. The fourth-order valence-electron chi connectivity index (χ4n) is 3.80. The van der Waals surface area contributed by atoms with Gasteiger partial charge in [0.05, 0.1) is 26.2 Å². The fraction of sp³-hybridized carbons (Fsp3) is 0.652. The van der Waals surface area contributed by atoms with E-state index in [-0.39, 0.29) is 57.6 Å². The third-order valence-electron chi connectivity index (χ3n) is 5.61. The highest BCUT2D eigenvalue weighted by Crippen LogP contribution is 2.06. The Morgan fingerprint density at radius 2 is 1.21 bits per heavy atom. The van der Waals surface area contributed by atoms with Crippen molar-refractivity contribution >= 4 is 35.6 Å². The van der Waals surface area contributed by atoms with Crippen LogP contribution >= 0.6 is 0 Å². The van der Waals surface area contributed by atoms with Crippen LogP contribution in [0.4, 0.5) is 0 Å². The van der Waals surface area contributed by atoms with E-state index in [1.807, 2.05) is 0 Å². The molecule has 220 valence electrons. The first-order chi connectivity index (χ1) is 18.4. The van der Waals surface area contributed by atoms with Crippen LogP contribution in [0.25, 0.3) is 0 Å². The molecule has 0 bridgehead atoms. The largest absolute Gasteiger partial charge is 0.480 e. The number of unbranched alkanes of at least 4 members (excludes halogenated alkanes) is 2. The number of carboxylic acid groups (broad SMARTS) is 3. The van der Waals surface area contributed by atoms with Gasteiger partial charge in [-0.15, -0.1) is 0 Å². The van der Waals surface area contributed by atoms with Crippen molar-refractivity contribution in [3.05, 3.63) is 12.2 Å². The van der Waals surface area contributed by atoms with Gasteiger partial charge in [-0.2, -0.15) is 0 Å². The first-order valence-electron chi connectivity index (χ1n) is 12.4. The molecule has 0 aromatic carbocycles. The predicted octanol–water partition coefficient (Wildman–Crippen LogP) is -3.33. The second-order valence-electron chi connectivity index (χ2n) is 8.96. The van der Waals surface area contributed by atoms with Gasteiger partial charge >= 0.3 is 17.9 Å². The van der Waals surface area contributed by atoms with E-state index >= 15 is 0 Å². The first-order valence-corrected chi connectivity index (χ1v) is 12.4. The SMILES string of the molecule is O=C(O)CN(CCN(CC(=O)O)CC(=O)NCCCCCN1C(=O)C=CC1=O)CCN(CC(=O)O)CC(O)O. The molecular weight excluding hydrogens is 522 g/mol. The number of rotatable bonds is 22. The molecule has 0 aromatic rings. The van der Waals surface area contributed by atoms with Crippen LogP contribution in [-0.4, -0.2) is 159 Å². The molecule has 1 heterocycles. The van der Waals surface area contributed by atoms with Crippen LogP contribution in [0.3, 0.4) is 0 Å². The highest BCUT2D eigenvalue weighted by Gasteiger charge is 2.22. The molecule has 0 aromatic heterocycles. The summed E-state index contributed by atoms with van der Waals surface area (Å²) in [5.74, 6) is -4.68. The highest BCUT2D eigenvalue weighted by atomic mass is 16.5. The van der Waals surface area contributed by atoms with Crippen molar-refractivity contribution in [3.63, 3.8) is 0 Å². The molecule has 16 heteroatoms. The van der Waals surface area contributed by atoms with E-state index in [1.165, 1.54) is 26.9 Å². The van der Waals surface area contributed by atoms with Gasteiger partial charge in [-0.1, -0.05) is 0 Å². The molecule has 0 spiro atoms. The molecule has 0 aliphatic carbocycles. The van der Waals surface area contributed by atoms with Crippen LogP contribution < -0.4 is 5.32 Å². The second kappa shape index (κ2) is 18.0. The molecular formula is C23H37N5O11. The average molecular weight is 560 g/mol. The van der Waals surface area contributed by atoms with E-state index < -0.39 is 49.7 Å². The number of aliphatic hydroxyl groups is 2. The molecule has 6 N–H and O–H groups in total. The Morgan fingerprint density at radius 1 is 0.718 bits per heavy atom. The molecule has 0 radical (unpaired) electrons. The number of aliphatic hydroxyl groups excluding tert-OH is 1. The molecule has 39 heavy (non-hydrogen) atoms. The van der Waals surface area contributed by atoms with Gasteiger partial charge in [0, 0.05) is 58.0 Å². The van der Waals surface area contributed by atoms with Crippen molar-refractivity contribution in [2.45, 2.75) is 25.6 Å². The van der Waals surface area contributed by atoms with E-state index in [0.29, 0.717) is 25.8 Å². The standard InChI is InChI=1S/C23H37N5O11/c29-17(24-6-2-1-3-7-28-18(30)4-5-19(28)31)12-26(14-21(34)35)10-8-25(13-20(32)33)9-11-27(15-22(36)37)16-23(38)39/h4-5,22,36-37H,1-3,6-16H2,(H,24,29)(H,32,33)(H,34,35)(H,38,39). The number of carboxylic acids is 3. The zero-order valence-corrected chi connectivity index (χ0v) is 21.6. The number of imide groups is 1. The molecule has 1 rings (SSSR count). The van der Waals surface area contributed by atoms with Gasteiger partial charge in [-0.25, -0.2) is 0 Å². The monoisotopic (exact) mass is 559 g/mol. The Hall–Kier alpha value is -3.44. The number of nitrogens with one attached hydrogen (secondary N) is 1. The molecule has 0 atom stereocenters. The lowest BCUT2D eigenvalue weighted by Gasteiger charge is -2.28. The van der Waals surface area contributed by atoms with Crippen molar-refractivity contribution in [1.82, 2.24) is 24.9 Å². The first kappa shape index (κ1) is 33.6. The Labute approximate surface area is 225 Å². The lowest BCUT2D eigenvalue weighted by atomic mass is 10.2. The predicted molar refractivity (Wildman–Crippen MR) is 133 cm³/mol. The summed E-state index contributed by atoms with van der Waals surface area (Å²) in [5.41, 5.74) is 0. The number of aliphatic carboxylic acids is 3. The van der Waals surface area contributed by atoms with Crippen LogP contribution in [0, 0.1) is 0 Å². The Balaban J connectivity index is 2.50. The van der Waals surface area contributed by atoms with Crippen molar-refractivity contribution in [2.75, 3.05) is 72.0 Å². The van der Waals surface area contributed by atoms with Crippen LogP contribution in [-0.2, 0) is 28.8 Å². The lowest BCUT2D eigenvalue weighted by Crippen LogP contribution is -2.46. The summed E-state index contributed by atoms with van der Waals surface area (Å²) in [6.07, 6.45) is 2.44. The molecule has 0 fully saturated rings. The number of carbonyl (C=O) groups excluding carboxylic acids is 3. The number of carbonyl (C=O) groups is 6. The van der Waals surface area contributed by atoms with Gasteiger partial charge in [0.1, 0.15) is 0 Å². The summed E-state index contributed by atoms with van der Waals surface area (Å²) in [7, 11) is 0. The summed E-state index contributed by atoms with van der Waals surface area (Å²) in [5, 5.41) is 48.3. The average Bonchev–Trinajstić information content (AvgIpc) is 3.13.